The average molecular weight is 617 g/mol. The number of para-hydroxylation sites is 2. The highest BCUT2D eigenvalue weighted by Crippen LogP contribution is 2.46. The third-order valence-electron chi connectivity index (χ3n) is 9.53. The third kappa shape index (κ3) is 3.97. The minimum atomic E-state index is 1.15. The minimum absolute atomic E-state index is 1.15. The molecule has 47 heavy (non-hydrogen) atoms. The van der Waals surface area contributed by atoms with E-state index in [9.17, 15) is 0 Å². The van der Waals surface area contributed by atoms with Crippen LogP contribution >= 0.6 is 11.3 Å². The monoisotopic (exact) mass is 616 g/mol. The van der Waals surface area contributed by atoms with Crippen LogP contribution < -0.4 is 4.90 Å². The number of benzene rings is 8. The summed E-state index contributed by atoms with van der Waals surface area (Å²) in [6.45, 7) is 0. The molecule has 0 radical (unpaired) electrons. The van der Waals surface area contributed by atoms with Crippen LogP contribution in [0.4, 0.5) is 17.1 Å². The van der Waals surface area contributed by atoms with Crippen LogP contribution in [0, 0.1) is 0 Å². The molecule has 0 aliphatic carbocycles. The lowest BCUT2D eigenvalue weighted by Gasteiger charge is -2.25. The van der Waals surface area contributed by atoms with E-state index in [1.807, 2.05) is 11.3 Å². The van der Waals surface area contributed by atoms with Gasteiger partial charge in [0.25, 0.3) is 0 Å². The second kappa shape index (κ2) is 10.3. The maximum Gasteiger partial charge on any atom is 0.0640 e. The van der Waals surface area contributed by atoms with Gasteiger partial charge in [0.2, 0.25) is 0 Å². The summed E-state index contributed by atoms with van der Waals surface area (Å²) in [6, 6.07) is 61.8. The first-order valence-corrected chi connectivity index (χ1v) is 16.8. The molecule has 0 aliphatic heterocycles. The van der Waals surface area contributed by atoms with Crippen molar-refractivity contribution >= 4 is 91.9 Å². The van der Waals surface area contributed by atoms with Crippen molar-refractivity contribution in [3.63, 3.8) is 0 Å². The van der Waals surface area contributed by atoms with Gasteiger partial charge in [0, 0.05) is 48.7 Å². The molecule has 0 aliphatic rings. The highest BCUT2D eigenvalue weighted by atomic mass is 32.1. The number of aromatic nitrogens is 1. The number of hydrogen-bond donors (Lipinski definition) is 0. The van der Waals surface area contributed by atoms with Gasteiger partial charge in [-0.25, -0.2) is 0 Å². The van der Waals surface area contributed by atoms with E-state index in [0.717, 1.165) is 11.4 Å². The van der Waals surface area contributed by atoms with Crippen molar-refractivity contribution in [2.45, 2.75) is 0 Å². The fourth-order valence-corrected chi connectivity index (χ4v) is 8.72. The molecule has 10 aromatic rings. The molecule has 220 valence electrons. The zero-order valence-corrected chi connectivity index (χ0v) is 26.3. The van der Waals surface area contributed by atoms with E-state index in [0.29, 0.717) is 0 Å². The summed E-state index contributed by atoms with van der Waals surface area (Å²) >= 11 is 1.88. The van der Waals surface area contributed by atoms with E-state index in [2.05, 4.69) is 179 Å². The summed E-state index contributed by atoms with van der Waals surface area (Å²) in [6.07, 6.45) is 0. The predicted octanol–water partition coefficient (Wildman–Crippen LogP) is 12.9. The Morgan fingerprint density at radius 2 is 1.06 bits per heavy atom. The Labute approximate surface area is 276 Å². The molecule has 0 unspecified atom stereocenters. The van der Waals surface area contributed by atoms with Crippen LogP contribution in [0.5, 0.6) is 0 Å². The molecule has 0 fully saturated rings. The quantitative estimate of drug-likeness (QED) is 0.191. The molecule has 0 saturated carbocycles. The summed E-state index contributed by atoms with van der Waals surface area (Å²) in [7, 11) is 0. The topological polar surface area (TPSA) is 8.17 Å². The Bertz CT molecular complexity index is 2750. The van der Waals surface area contributed by atoms with Crippen LogP contribution in [0.15, 0.2) is 170 Å². The van der Waals surface area contributed by atoms with Gasteiger partial charge in [0.05, 0.1) is 21.4 Å². The van der Waals surface area contributed by atoms with Crippen molar-refractivity contribution < 1.29 is 0 Å². The molecule has 0 bridgehead atoms. The number of hydrogen-bond acceptors (Lipinski definition) is 2. The third-order valence-corrected chi connectivity index (χ3v) is 10.7. The molecule has 0 saturated heterocycles. The highest BCUT2D eigenvalue weighted by Gasteiger charge is 2.20. The molecule has 0 spiro atoms. The van der Waals surface area contributed by atoms with Gasteiger partial charge in [0.15, 0.2) is 0 Å². The van der Waals surface area contributed by atoms with Crippen molar-refractivity contribution in [2.75, 3.05) is 4.90 Å². The summed E-state index contributed by atoms with van der Waals surface area (Å²) in [5.41, 5.74) is 7.16. The zero-order chi connectivity index (χ0) is 30.9. The number of rotatable bonds is 4. The lowest BCUT2D eigenvalue weighted by atomic mass is 10.0. The zero-order valence-electron chi connectivity index (χ0n) is 25.5. The SMILES string of the molecule is c1ccc(N(c2ccccc2)c2cccc3c2sc2cc(-n4c5ccc6ccccc6c5c5ccc6ccccc6c54)ccc23)cc1. The molecule has 0 atom stereocenters. The lowest BCUT2D eigenvalue weighted by Crippen LogP contribution is -2.09. The standard InChI is InChI=1S/C44H28N2S/c1-3-14-31(15-4-1)45(32-16-5-2-6-17-32)40-21-11-20-37-36-26-24-33(28-41(36)47-44(37)40)46-39-27-23-29-12-7-9-18-34(29)42(39)38-25-22-30-13-8-10-19-35(30)43(38)46/h1-28H. The molecule has 3 heteroatoms. The first-order valence-electron chi connectivity index (χ1n) is 16.0. The van der Waals surface area contributed by atoms with Gasteiger partial charge in [-0.3, -0.25) is 0 Å². The molecule has 0 N–H and O–H groups in total. The predicted molar refractivity (Wildman–Crippen MR) is 203 cm³/mol. The molecular weight excluding hydrogens is 589 g/mol. The molecule has 8 aromatic carbocycles. The van der Waals surface area contributed by atoms with Crippen LogP contribution in [-0.4, -0.2) is 4.57 Å². The number of nitrogens with zero attached hydrogens (tertiary/aromatic N) is 2. The first kappa shape index (κ1) is 26.3. The van der Waals surface area contributed by atoms with Gasteiger partial charge in [-0.05, 0) is 64.7 Å². The molecule has 2 heterocycles. The van der Waals surface area contributed by atoms with E-state index in [1.54, 1.807) is 0 Å². The van der Waals surface area contributed by atoms with Crippen molar-refractivity contribution in [1.29, 1.82) is 0 Å². The molecule has 0 amide bonds. The Morgan fingerprint density at radius 3 is 1.83 bits per heavy atom. The van der Waals surface area contributed by atoms with Crippen LogP contribution in [-0.2, 0) is 0 Å². The molecule has 2 nitrogen and oxygen atoms in total. The van der Waals surface area contributed by atoms with E-state index < -0.39 is 0 Å². The Balaban J connectivity index is 1.26. The fraction of sp³-hybridized carbons (Fsp3) is 0. The lowest BCUT2D eigenvalue weighted by molar-refractivity contribution is 1.19. The summed E-state index contributed by atoms with van der Waals surface area (Å²) in [5.74, 6) is 0. The van der Waals surface area contributed by atoms with Crippen LogP contribution in [0.3, 0.4) is 0 Å². The maximum absolute atomic E-state index is 2.49. The second-order valence-corrected chi connectivity index (χ2v) is 13.2. The van der Waals surface area contributed by atoms with E-state index in [4.69, 9.17) is 0 Å². The largest absolute Gasteiger partial charge is 0.309 e. The fourth-order valence-electron chi connectivity index (χ4n) is 7.48. The van der Waals surface area contributed by atoms with Gasteiger partial charge in [-0.1, -0.05) is 121 Å². The number of anilines is 3. The number of thiophene rings is 1. The summed E-state index contributed by atoms with van der Waals surface area (Å²) in [4.78, 5) is 2.38. The molecule has 10 rings (SSSR count). The van der Waals surface area contributed by atoms with Crippen molar-refractivity contribution in [3.05, 3.63) is 170 Å². The van der Waals surface area contributed by atoms with Gasteiger partial charge in [-0.15, -0.1) is 11.3 Å². The summed E-state index contributed by atoms with van der Waals surface area (Å²) < 4.78 is 5.05. The smallest absolute Gasteiger partial charge is 0.0640 e. The van der Waals surface area contributed by atoms with Gasteiger partial charge in [0.1, 0.15) is 0 Å². The Hall–Kier alpha value is -5.90. The average Bonchev–Trinajstić information content (AvgIpc) is 3.69. The van der Waals surface area contributed by atoms with Crippen molar-refractivity contribution in [2.24, 2.45) is 0 Å². The second-order valence-electron chi connectivity index (χ2n) is 12.1. The van der Waals surface area contributed by atoms with Crippen molar-refractivity contribution in [1.82, 2.24) is 4.57 Å². The first-order chi connectivity index (χ1) is 23.3. The van der Waals surface area contributed by atoms with Gasteiger partial charge >= 0.3 is 0 Å². The Kier molecular flexibility index (Phi) is 5.78. The van der Waals surface area contributed by atoms with E-state index in [1.165, 1.54) is 74.9 Å². The minimum Gasteiger partial charge on any atom is -0.309 e. The van der Waals surface area contributed by atoms with E-state index in [-0.39, 0.29) is 0 Å². The van der Waals surface area contributed by atoms with Gasteiger partial charge < -0.3 is 9.47 Å². The molecule has 2 aromatic heterocycles. The van der Waals surface area contributed by atoms with Crippen LogP contribution in [0.2, 0.25) is 0 Å². The van der Waals surface area contributed by atoms with Crippen LogP contribution in [0.1, 0.15) is 0 Å². The normalized spacial score (nSPS) is 11.8. The van der Waals surface area contributed by atoms with Crippen molar-refractivity contribution in [3.8, 4) is 5.69 Å². The highest BCUT2D eigenvalue weighted by molar-refractivity contribution is 7.26. The number of fused-ring (bicyclic) bond motifs is 10. The van der Waals surface area contributed by atoms with E-state index >= 15 is 0 Å². The summed E-state index contributed by atoms with van der Waals surface area (Å²) in [5, 5.41) is 10.2. The van der Waals surface area contributed by atoms with Gasteiger partial charge in [-0.2, -0.15) is 0 Å². The Morgan fingerprint density at radius 1 is 0.447 bits per heavy atom. The molecular formula is C44H28N2S. The van der Waals surface area contributed by atoms with Crippen LogP contribution in [0.25, 0.3) is 69.2 Å². The maximum atomic E-state index is 2.49.